The zero-order valence-electron chi connectivity index (χ0n) is 17.8. The Hall–Kier alpha value is -3.31. The average molecular weight is 457 g/mol. The second kappa shape index (κ2) is 9.05. The minimum absolute atomic E-state index is 0.122. The van der Waals surface area contributed by atoms with Gasteiger partial charge in [0.1, 0.15) is 12.1 Å². The second-order valence-electron chi connectivity index (χ2n) is 7.64. The Morgan fingerprint density at radius 2 is 1.97 bits per heavy atom. The van der Waals surface area contributed by atoms with Gasteiger partial charge in [0.2, 0.25) is 15.9 Å². The first kappa shape index (κ1) is 21.9. The van der Waals surface area contributed by atoms with Crippen molar-refractivity contribution >= 4 is 21.6 Å². The van der Waals surface area contributed by atoms with Crippen LogP contribution in [0.3, 0.4) is 0 Å². The molecule has 2 heterocycles. The molecule has 1 aromatic heterocycles. The first-order valence-electron chi connectivity index (χ1n) is 10.2. The summed E-state index contributed by atoms with van der Waals surface area (Å²) in [4.78, 5) is 13.1. The van der Waals surface area contributed by atoms with E-state index in [1.165, 1.54) is 27.4 Å². The van der Waals surface area contributed by atoms with Crippen LogP contribution in [0.25, 0.3) is 5.69 Å². The number of aryl methyl sites for hydroxylation is 1. The molecule has 1 amide bonds. The molecule has 1 aliphatic rings. The third kappa shape index (κ3) is 4.48. The summed E-state index contributed by atoms with van der Waals surface area (Å²) in [5, 5.41) is 13.8. The quantitative estimate of drug-likeness (QED) is 0.603. The van der Waals surface area contributed by atoms with E-state index in [1.54, 1.807) is 25.3 Å². The Morgan fingerprint density at radius 3 is 2.66 bits per heavy atom. The number of carbonyl (C=O) groups excluding carboxylic acids is 1. The van der Waals surface area contributed by atoms with Crippen LogP contribution in [0, 0.1) is 12.8 Å². The number of anilines is 1. The van der Waals surface area contributed by atoms with E-state index in [-0.39, 0.29) is 17.3 Å². The topological polar surface area (TPSA) is 119 Å². The molecule has 0 radical (unpaired) electrons. The molecule has 0 saturated carbocycles. The van der Waals surface area contributed by atoms with Crippen molar-refractivity contribution in [1.29, 1.82) is 0 Å². The molecule has 0 bridgehead atoms. The molecule has 0 aliphatic carbocycles. The standard InChI is InChI=1S/C21H24N6O4S/c1-15-5-10-20(31-2)19(12-15)23-21(28)16-4-3-11-26(13-16)32(29,30)18-8-6-17(7-9-18)27-14-22-24-25-27/h5-10,12,14,16H,3-4,11,13H2,1-2H3,(H,23,28)/t16-/m1/s1. The van der Waals surface area contributed by atoms with Crippen LogP contribution in [-0.2, 0) is 14.8 Å². The van der Waals surface area contributed by atoms with E-state index in [0.29, 0.717) is 36.5 Å². The van der Waals surface area contributed by atoms with Crippen molar-refractivity contribution in [2.45, 2.75) is 24.7 Å². The lowest BCUT2D eigenvalue weighted by atomic mass is 9.98. The number of rotatable bonds is 6. The molecule has 1 saturated heterocycles. The van der Waals surface area contributed by atoms with Crippen LogP contribution in [0.1, 0.15) is 18.4 Å². The highest BCUT2D eigenvalue weighted by Crippen LogP contribution is 2.28. The summed E-state index contributed by atoms with van der Waals surface area (Å²) in [7, 11) is -2.20. The lowest BCUT2D eigenvalue weighted by Crippen LogP contribution is -2.43. The number of benzene rings is 2. The van der Waals surface area contributed by atoms with E-state index in [0.717, 1.165) is 5.56 Å². The normalized spacial score (nSPS) is 17.1. The summed E-state index contributed by atoms with van der Waals surface area (Å²) in [6.45, 7) is 2.42. The average Bonchev–Trinajstić information content (AvgIpc) is 3.34. The summed E-state index contributed by atoms with van der Waals surface area (Å²) in [6.07, 6.45) is 2.65. The van der Waals surface area contributed by atoms with Crippen molar-refractivity contribution in [3.63, 3.8) is 0 Å². The minimum Gasteiger partial charge on any atom is -0.495 e. The lowest BCUT2D eigenvalue weighted by Gasteiger charge is -2.31. The highest BCUT2D eigenvalue weighted by atomic mass is 32.2. The van der Waals surface area contributed by atoms with Crippen LogP contribution in [0.2, 0.25) is 0 Å². The van der Waals surface area contributed by atoms with Crippen LogP contribution in [0.4, 0.5) is 5.69 Å². The van der Waals surface area contributed by atoms with Gasteiger partial charge in [-0.15, -0.1) is 5.10 Å². The molecule has 1 N–H and O–H groups in total. The van der Waals surface area contributed by atoms with E-state index < -0.39 is 15.9 Å². The molecule has 10 nitrogen and oxygen atoms in total. The van der Waals surface area contributed by atoms with E-state index in [4.69, 9.17) is 4.74 Å². The number of nitrogens with zero attached hydrogens (tertiary/aromatic N) is 5. The van der Waals surface area contributed by atoms with Crippen LogP contribution >= 0.6 is 0 Å². The smallest absolute Gasteiger partial charge is 0.243 e. The highest BCUT2D eigenvalue weighted by molar-refractivity contribution is 7.89. The summed E-state index contributed by atoms with van der Waals surface area (Å²) >= 11 is 0. The zero-order valence-corrected chi connectivity index (χ0v) is 18.6. The molecular formula is C21H24N6O4S. The number of ether oxygens (including phenoxy) is 1. The molecule has 0 unspecified atom stereocenters. The molecule has 4 rings (SSSR count). The van der Waals surface area contributed by atoms with Gasteiger partial charge in [-0.2, -0.15) is 4.31 Å². The highest BCUT2D eigenvalue weighted by Gasteiger charge is 2.33. The largest absolute Gasteiger partial charge is 0.495 e. The Balaban J connectivity index is 1.48. The van der Waals surface area contributed by atoms with Crippen molar-refractivity contribution < 1.29 is 17.9 Å². The van der Waals surface area contributed by atoms with Gasteiger partial charge >= 0.3 is 0 Å². The fourth-order valence-corrected chi connectivity index (χ4v) is 5.25. The van der Waals surface area contributed by atoms with Crippen LogP contribution in [0.15, 0.2) is 53.7 Å². The van der Waals surface area contributed by atoms with Gasteiger partial charge in [-0.3, -0.25) is 4.79 Å². The summed E-state index contributed by atoms with van der Waals surface area (Å²) in [5.41, 5.74) is 2.21. The van der Waals surface area contributed by atoms with Gasteiger partial charge in [-0.05, 0) is 72.2 Å². The van der Waals surface area contributed by atoms with Gasteiger partial charge in [-0.1, -0.05) is 6.07 Å². The number of piperidine rings is 1. The number of hydrogen-bond acceptors (Lipinski definition) is 7. The maximum absolute atomic E-state index is 13.2. The van der Waals surface area contributed by atoms with Crippen LogP contribution < -0.4 is 10.1 Å². The number of nitrogens with one attached hydrogen (secondary N) is 1. The number of sulfonamides is 1. The third-order valence-corrected chi connectivity index (χ3v) is 7.34. The molecule has 1 atom stereocenters. The molecule has 168 valence electrons. The zero-order chi connectivity index (χ0) is 22.7. The Bertz CT molecular complexity index is 1200. The summed E-state index contributed by atoms with van der Waals surface area (Å²) in [6, 6.07) is 11.8. The predicted octanol–water partition coefficient (Wildman–Crippen LogP) is 2.02. The number of methoxy groups -OCH3 is 1. The van der Waals surface area contributed by atoms with E-state index >= 15 is 0 Å². The summed E-state index contributed by atoms with van der Waals surface area (Å²) < 4.78 is 34.5. The van der Waals surface area contributed by atoms with Gasteiger partial charge in [0.25, 0.3) is 0 Å². The van der Waals surface area contributed by atoms with Gasteiger partial charge in [-0.25, -0.2) is 13.1 Å². The van der Waals surface area contributed by atoms with Gasteiger partial charge < -0.3 is 10.1 Å². The van der Waals surface area contributed by atoms with Gasteiger partial charge in [0, 0.05) is 13.1 Å². The number of hydrogen-bond donors (Lipinski definition) is 1. The van der Waals surface area contributed by atoms with Crippen molar-refractivity contribution in [2.75, 3.05) is 25.5 Å². The van der Waals surface area contributed by atoms with Gasteiger partial charge in [0.05, 0.1) is 29.3 Å². The van der Waals surface area contributed by atoms with Crippen molar-refractivity contribution in [2.24, 2.45) is 5.92 Å². The molecule has 2 aromatic carbocycles. The molecule has 11 heteroatoms. The van der Waals surface area contributed by atoms with E-state index in [9.17, 15) is 13.2 Å². The maximum atomic E-state index is 13.2. The van der Waals surface area contributed by atoms with Crippen molar-refractivity contribution in [1.82, 2.24) is 24.5 Å². The number of carbonyl (C=O) groups is 1. The van der Waals surface area contributed by atoms with Gasteiger partial charge in [0.15, 0.2) is 0 Å². The SMILES string of the molecule is COc1ccc(C)cc1NC(=O)[C@@H]1CCCN(S(=O)(=O)c2ccc(-n3cnnn3)cc2)C1. The third-order valence-electron chi connectivity index (χ3n) is 5.46. The van der Waals surface area contributed by atoms with Crippen molar-refractivity contribution in [3.8, 4) is 11.4 Å². The monoisotopic (exact) mass is 456 g/mol. The van der Waals surface area contributed by atoms with E-state index in [2.05, 4.69) is 20.8 Å². The Morgan fingerprint density at radius 1 is 1.19 bits per heavy atom. The molecule has 32 heavy (non-hydrogen) atoms. The minimum atomic E-state index is -3.74. The second-order valence-corrected chi connectivity index (χ2v) is 9.58. The maximum Gasteiger partial charge on any atom is 0.243 e. The number of amides is 1. The first-order chi connectivity index (χ1) is 15.4. The Labute approximate surface area is 186 Å². The molecule has 0 spiro atoms. The van der Waals surface area contributed by atoms with Crippen LogP contribution in [-0.4, -0.2) is 59.0 Å². The van der Waals surface area contributed by atoms with Crippen molar-refractivity contribution in [3.05, 3.63) is 54.4 Å². The fraction of sp³-hybridized carbons (Fsp3) is 0.333. The number of aromatic nitrogens is 4. The molecule has 1 fully saturated rings. The molecule has 1 aliphatic heterocycles. The fourth-order valence-electron chi connectivity index (χ4n) is 3.73. The Kier molecular flexibility index (Phi) is 6.19. The summed E-state index contributed by atoms with van der Waals surface area (Å²) in [5.74, 6) is -0.112. The number of tetrazole rings is 1. The predicted molar refractivity (Wildman–Crippen MR) is 117 cm³/mol. The van der Waals surface area contributed by atoms with Crippen LogP contribution in [0.5, 0.6) is 5.75 Å². The lowest BCUT2D eigenvalue weighted by molar-refractivity contribution is -0.120. The molecular weight excluding hydrogens is 432 g/mol. The van der Waals surface area contributed by atoms with E-state index in [1.807, 2.05) is 19.1 Å². The molecule has 3 aromatic rings. The first-order valence-corrected chi connectivity index (χ1v) is 11.6.